The van der Waals surface area contributed by atoms with Gasteiger partial charge in [-0.1, -0.05) is 30.1 Å². The summed E-state index contributed by atoms with van der Waals surface area (Å²) < 4.78 is 0. The number of benzene rings is 1. The van der Waals surface area contributed by atoms with Crippen LogP contribution in [0.3, 0.4) is 0 Å². The monoisotopic (exact) mass is 245 g/mol. The summed E-state index contributed by atoms with van der Waals surface area (Å²) in [5.74, 6) is -0.176. The Bertz CT molecular complexity index is 362. The normalized spacial score (nSPS) is 12.5. The first-order chi connectivity index (χ1) is 7.10. The number of Topliss-reactive ketones (excluding diaryl/α,β-unsaturated/α-hetero) is 1. The number of carbonyl (C=O) groups excluding carboxylic acids is 1. The molecule has 1 rings (SSSR count). The third-order valence-corrected chi connectivity index (χ3v) is 2.89. The van der Waals surface area contributed by atoms with Gasteiger partial charge in [0.05, 0.1) is 5.02 Å². The summed E-state index contributed by atoms with van der Waals surface area (Å²) in [6, 6.07) is 4.87. The zero-order valence-electron chi connectivity index (χ0n) is 8.47. The number of halogens is 2. The number of hydrogen-bond acceptors (Lipinski definition) is 2. The summed E-state index contributed by atoms with van der Waals surface area (Å²) in [6.45, 7) is 2.27. The van der Waals surface area contributed by atoms with E-state index in [1.165, 1.54) is 0 Å². The molecule has 0 amide bonds. The fourth-order valence-corrected chi connectivity index (χ4v) is 1.87. The van der Waals surface area contributed by atoms with Crippen molar-refractivity contribution in [3.05, 3.63) is 33.8 Å². The van der Waals surface area contributed by atoms with Crippen molar-refractivity contribution in [3.63, 3.8) is 0 Å². The lowest BCUT2D eigenvalue weighted by Crippen LogP contribution is -2.23. The van der Waals surface area contributed by atoms with E-state index in [0.29, 0.717) is 28.6 Å². The molecule has 0 saturated heterocycles. The standard InChI is InChI=1S/C11H13Cl2NO/c1-2-7(6-14)11(15)9-4-3-8(12)5-10(9)13/h3-5,7H,2,6,14H2,1H3. The summed E-state index contributed by atoms with van der Waals surface area (Å²) in [4.78, 5) is 11.9. The van der Waals surface area contributed by atoms with E-state index >= 15 is 0 Å². The Morgan fingerprint density at radius 1 is 1.47 bits per heavy atom. The summed E-state index contributed by atoms with van der Waals surface area (Å²) >= 11 is 11.7. The van der Waals surface area contributed by atoms with Crippen molar-refractivity contribution in [1.82, 2.24) is 0 Å². The van der Waals surface area contributed by atoms with Crippen molar-refractivity contribution < 1.29 is 4.79 Å². The lowest BCUT2D eigenvalue weighted by molar-refractivity contribution is 0.0921. The zero-order chi connectivity index (χ0) is 11.4. The van der Waals surface area contributed by atoms with Crippen LogP contribution < -0.4 is 5.73 Å². The predicted octanol–water partition coefficient (Wildman–Crippen LogP) is 3.16. The van der Waals surface area contributed by atoms with Gasteiger partial charge in [0, 0.05) is 23.0 Å². The van der Waals surface area contributed by atoms with E-state index in [-0.39, 0.29) is 11.7 Å². The number of hydrogen-bond donors (Lipinski definition) is 1. The number of carbonyl (C=O) groups is 1. The minimum absolute atomic E-state index is 0.0123. The summed E-state index contributed by atoms with van der Waals surface area (Å²) in [6.07, 6.45) is 0.717. The Balaban J connectivity index is 3.00. The topological polar surface area (TPSA) is 43.1 Å². The van der Waals surface area contributed by atoms with Crippen LogP contribution in [0.1, 0.15) is 23.7 Å². The Morgan fingerprint density at radius 3 is 2.60 bits per heavy atom. The Hall–Kier alpha value is -0.570. The van der Waals surface area contributed by atoms with Crippen molar-refractivity contribution in [2.45, 2.75) is 13.3 Å². The molecule has 0 fully saturated rings. The highest BCUT2D eigenvalue weighted by molar-refractivity contribution is 6.36. The highest BCUT2D eigenvalue weighted by Crippen LogP contribution is 2.24. The van der Waals surface area contributed by atoms with Crippen LogP contribution in [0.2, 0.25) is 10.0 Å². The van der Waals surface area contributed by atoms with Gasteiger partial charge >= 0.3 is 0 Å². The minimum Gasteiger partial charge on any atom is -0.330 e. The van der Waals surface area contributed by atoms with Gasteiger partial charge in [-0.25, -0.2) is 0 Å². The van der Waals surface area contributed by atoms with Crippen LogP contribution in [0.5, 0.6) is 0 Å². The third-order valence-electron chi connectivity index (χ3n) is 2.34. The average Bonchev–Trinajstić information content (AvgIpc) is 2.19. The van der Waals surface area contributed by atoms with Gasteiger partial charge in [0.25, 0.3) is 0 Å². The second-order valence-corrected chi connectivity index (χ2v) is 4.17. The number of nitrogens with two attached hydrogens (primary N) is 1. The van der Waals surface area contributed by atoms with Gasteiger partial charge in [-0.15, -0.1) is 0 Å². The molecule has 82 valence electrons. The molecule has 0 aliphatic carbocycles. The maximum atomic E-state index is 11.9. The van der Waals surface area contributed by atoms with Crippen molar-refractivity contribution in [2.24, 2.45) is 11.7 Å². The first-order valence-electron chi connectivity index (χ1n) is 4.79. The first kappa shape index (κ1) is 12.5. The predicted molar refractivity (Wildman–Crippen MR) is 63.6 cm³/mol. The van der Waals surface area contributed by atoms with E-state index in [0.717, 1.165) is 0 Å². The summed E-state index contributed by atoms with van der Waals surface area (Å²) in [5.41, 5.74) is 6.01. The van der Waals surface area contributed by atoms with Gasteiger partial charge < -0.3 is 5.73 Å². The molecule has 1 aromatic carbocycles. The average molecular weight is 246 g/mol. The quantitative estimate of drug-likeness (QED) is 0.829. The molecule has 2 nitrogen and oxygen atoms in total. The highest BCUT2D eigenvalue weighted by Gasteiger charge is 2.18. The Labute approximate surface area is 99.4 Å². The van der Waals surface area contributed by atoms with Crippen molar-refractivity contribution >= 4 is 29.0 Å². The maximum Gasteiger partial charge on any atom is 0.168 e. The lowest BCUT2D eigenvalue weighted by Gasteiger charge is -2.11. The van der Waals surface area contributed by atoms with Crippen LogP contribution in [-0.4, -0.2) is 12.3 Å². The molecular formula is C11H13Cl2NO. The van der Waals surface area contributed by atoms with Crippen LogP contribution in [-0.2, 0) is 0 Å². The Morgan fingerprint density at radius 2 is 2.13 bits per heavy atom. The van der Waals surface area contributed by atoms with Gasteiger partial charge in [0.2, 0.25) is 0 Å². The fourth-order valence-electron chi connectivity index (χ4n) is 1.37. The number of ketones is 1. The molecule has 0 aromatic heterocycles. The molecule has 2 N–H and O–H groups in total. The van der Waals surface area contributed by atoms with E-state index in [9.17, 15) is 4.79 Å². The molecule has 0 aliphatic heterocycles. The molecule has 1 unspecified atom stereocenters. The van der Waals surface area contributed by atoms with E-state index in [2.05, 4.69) is 0 Å². The minimum atomic E-state index is -0.163. The van der Waals surface area contributed by atoms with Gasteiger partial charge in [0.15, 0.2) is 5.78 Å². The van der Waals surface area contributed by atoms with E-state index in [1.54, 1.807) is 18.2 Å². The van der Waals surface area contributed by atoms with E-state index < -0.39 is 0 Å². The van der Waals surface area contributed by atoms with E-state index in [4.69, 9.17) is 28.9 Å². The zero-order valence-corrected chi connectivity index (χ0v) is 9.98. The van der Waals surface area contributed by atoms with E-state index in [1.807, 2.05) is 6.92 Å². The molecule has 0 heterocycles. The molecule has 15 heavy (non-hydrogen) atoms. The first-order valence-corrected chi connectivity index (χ1v) is 5.55. The largest absolute Gasteiger partial charge is 0.330 e. The van der Waals surface area contributed by atoms with Crippen LogP contribution in [0.25, 0.3) is 0 Å². The molecule has 0 saturated carbocycles. The molecule has 0 bridgehead atoms. The van der Waals surface area contributed by atoms with Gasteiger partial charge in [-0.2, -0.15) is 0 Å². The van der Waals surface area contributed by atoms with Gasteiger partial charge in [-0.05, 0) is 24.6 Å². The van der Waals surface area contributed by atoms with Gasteiger partial charge in [0.1, 0.15) is 0 Å². The van der Waals surface area contributed by atoms with Crippen LogP contribution >= 0.6 is 23.2 Å². The van der Waals surface area contributed by atoms with Crippen molar-refractivity contribution in [2.75, 3.05) is 6.54 Å². The fraction of sp³-hybridized carbons (Fsp3) is 0.364. The molecular weight excluding hydrogens is 233 g/mol. The molecule has 1 atom stereocenters. The second-order valence-electron chi connectivity index (χ2n) is 3.33. The SMILES string of the molecule is CCC(CN)C(=O)c1ccc(Cl)cc1Cl. The van der Waals surface area contributed by atoms with Crippen LogP contribution in [0.15, 0.2) is 18.2 Å². The summed E-state index contributed by atoms with van der Waals surface area (Å²) in [7, 11) is 0. The number of rotatable bonds is 4. The third kappa shape index (κ3) is 2.94. The molecule has 0 spiro atoms. The second kappa shape index (κ2) is 5.50. The molecule has 0 aliphatic rings. The summed E-state index contributed by atoms with van der Waals surface area (Å²) in [5, 5.41) is 0.914. The molecule has 4 heteroatoms. The van der Waals surface area contributed by atoms with Crippen LogP contribution in [0.4, 0.5) is 0 Å². The highest BCUT2D eigenvalue weighted by atomic mass is 35.5. The van der Waals surface area contributed by atoms with Crippen molar-refractivity contribution in [1.29, 1.82) is 0 Å². The molecule has 1 aromatic rings. The van der Waals surface area contributed by atoms with Gasteiger partial charge in [-0.3, -0.25) is 4.79 Å². The molecule has 0 radical (unpaired) electrons. The van der Waals surface area contributed by atoms with Crippen LogP contribution in [0, 0.1) is 5.92 Å². The Kier molecular flexibility index (Phi) is 4.58. The smallest absolute Gasteiger partial charge is 0.168 e. The maximum absolute atomic E-state index is 11.9. The van der Waals surface area contributed by atoms with Crippen molar-refractivity contribution in [3.8, 4) is 0 Å². The lowest BCUT2D eigenvalue weighted by atomic mass is 9.95.